The Morgan fingerprint density at radius 2 is 2.11 bits per heavy atom. The van der Waals surface area contributed by atoms with Gasteiger partial charge >= 0.3 is 0 Å². The van der Waals surface area contributed by atoms with E-state index in [2.05, 4.69) is 5.10 Å². The van der Waals surface area contributed by atoms with Crippen LogP contribution < -0.4 is 0 Å². The minimum atomic E-state index is -3.40. The van der Waals surface area contributed by atoms with Crippen LogP contribution in [0.15, 0.2) is 12.4 Å². The number of rotatable bonds is 4. The Labute approximate surface area is 107 Å². The fourth-order valence-corrected chi connectivity index (χ4v) is 3.18. The average Bonchev–Trinajstić information content (AvgIpc) is 2.76. The van der Waals surface area contributed by atoms with Gasteiger partial charge in [0, 0.05) is 45.5 Å². The first-order valence-electron chi connectivity index (χ1n) is 5.77. The van der Waals surface area contributed by atoms with E-state index < -0.39 is 10.2 Å². The molecule has 2 rings (SSSR count). The van der Waals surface area contributed by atoms with E-state index in [0.717, 1.165) is 5.56 Å². The maximum atomic E-state index is 12.3. The minimum absolute atomic E-state index is 0.327. The first kappa shape index (κ1) is 13.5. The van der Waals surface area contributed by atoms with Crippen LogP contribution in [0, 0.1) is 0 Å². The number of morpholine rings is 1. The van der Waals surface area contributed by atoms with Crippen LogP contribution in [0.5, 0.6) is 0 Å². The Morgan fingerprint density at radius 1 is 1.44 bits per heavy atom. The minimum Gasteiger partial charge on any atom is -0.379 e. The molecular formula is C10H18N4O3S. The molecule has 0 unspecified atom stereocenters. The molecule has 0 spiro atoms. The van der Waals surface area contributed by atoms with Crippen LogP contribution in [-0.2, 0) is 28.5 Å². The Bertz CT molecular complexity index is 493. The Balaban J connectivity index is 2.04. The summed E-state index contributed by atoms with van der Waals surface area (Å²) in [6.45, 7) is 2.08. The van der Waals surface area contributed by atoms with Gasteiger partial charge in [-0.25, -0.2) is 0 Å². The molecule has 7 nitrogen and oxygen atoms in total. The van der Waals surface area contributed by atoms with Crippen LogP contribution in [0.1, 0.15) is 5.56 Å². The largest absolute Gasteiger partial charge is 0.379 e. The van der Waals surface area contributed by atoms with Crippen LogP contribution in [0.4, 0.5) is 0 Å². The summed E-state index contributed by atoms with van der Waals surface area (Å²) in [6, 6.07) is 0. The van der Waals surface area contributed by atoms with Crippen molar-refractivity contribution in [2.75, 3.05) is 33.4 Å². The van der Waals surface area contributed by atoms with Crippen molar-refractivity contribution in [1.82, 2.24) is 18.4 Å². The van der Waals surface area contributed by atoms with Crippen molar-refractivity contribution in [3.63, 3.8) is 0 Å². The lowest BCUT2D eigenvalue weighted by atomic mass is 10.4. The summed E-state index contributed by atoms with van der Waals surface area (Å²) in [6.07, 6.45) is 3.48. The SMILES string of the molecule is CN(Cc1cnn(C)c1)S(=O)(=O)N1CCOCC1. The van der Waals surface area contributed by atoms with E-state index in [-0.39, 0.29) is 0 Å². The van der Waals surface area contributed by atoms with Gasteiger partial charge in [0.1, 0.15) is 0 Å². The smallest absolute Gasteiger partial charge is 0.282 e. The molecule has 18 heavy (non-hydrogen) atoms. The number of aryl methyl sites for hydroxylation is 1. The lowest BCUT2D eigenvalue weighted by Crippen LogP contribution is -2.47. The van der Waals surface area contributed by atoms with Crippen LogP contribution >= 0.6 is 0 Å². The lowest BCUT2D eigenvalue weighted by molar-refractivity contribution is 0.0705. The van der Waals surface area contributed by atoms with E-state index in [1.807, 2.05) is 6.20 Å². The first-order chi connectivity index (χ1) is 8.50. The second kappa shape index (κ2) is 5.35. The predicted octanol–water partition coefficient (Wildman–Crippen LogP) is -0.571. The van der Waals surface area contributed by atoms with Crippen molar-refractivity contribution < 1.29 is 13.2 Å². The molecule has 0 aliphatic carbocycles. The molecule has 1 aliphatic rings. The molecule has 0 N–H and O–H groups in total. The zero-order valence-corrected chi connectivity index (χ0v) is 11.4. The molecule has 0 bridgehead atoms. The highest BCUT2D eigenvalue weighted by Crippen LogP contribution is 2.12. The van der Waals surface area contributed by atoms with Crippen molar-refractivity contribution in [3.05, 3.63) is 18.0 Å². The van der Waals surface area contributed by atoms with Gasteiger partial charge in [0.15, 0.2) is 0 Å². The lowest BCUT2D eigenvalue weighted by Gasteiger charge is -2.29. The van der Waals surface area contributed by atoms with E-state index in [1.165, 1.54) is 8.61 Å². The topological polar surface area (TPSA) is 67.7 Å². The molecule has 0 saturated carbocycles. The van der Waals surface area contributed by atoms with Gasteiger partial charge in [-0.15, -0.1) is 0 Å². The van der Waals surface area contributed by atoms with Crippen LogP contribution in [0.25, 0.3) is 0 Å². The van der Waals surface area contributed by atoms with Gasteiger partial charge < -0.3 is 4.74 Å². The molecule has 1 aromatic heterocycles. The molecule has 1 saturated heterocycles. The molecule has 0 amide bonds. The molecule has 1 fully saturated rings. The summed E-state index contributed by atoms with van der Waals surface area (Å²) in [7, 11) is -0.0147. The number of nitrogens with zero attached hydrogens (tertiary/aromatic N) is 4. The van der Waals surface area contributed by atoms with Gasteiger partial charge in [-0.05, 0) is 0 Å². The third kappa shape index (κ3) is 2.89. The zero-order chi connectivity index (χ0) is 13.2. The maximum Gasteiger partial charge on any atom is 0.282 e. The van der Waals surface area contributed by atoms with Crippen LogP contribution in [0.2, 0.25) is 0 Å². The summed E-state index contributed by atoms with van der Waals surface area (Å²) in [5.41, 5.74) is 0.872. The third-order valence-corrected chi connectivity index (χ3v) is 4.79. The zero-order valence-electron chi connectivity index (χ0n) is 10.6. The molecular weight excluding hydrogens is 256 g/mol. The van der Waals surface area contributed by atoms with Gasteiger partial charge in [-0.2, -0.15) is 22.1 Å². The quantitative estimate of drug-likeness (QED) is 0.737. The molecule has 102 valence electrons. The second-order valence-corrected chi connectivity index (χ2v) is 6.33. The average molecular weight is 274 g/mol. The number of aromatic nitrogens is 2. The monoisotopic (exact) mass is 274 g/mol. The van der Waals surface area contributed by atoms with E-state index in [0.29, 0.717) is 32.8 Å². The van der Waals surface area contributed by atoms with Gasteiger partial charge in [0.2, 0.25) is 0 Å². The highest BCUT2D eigenvalue weighted by atomic mass is 32.2. The van der Waals surface area contributed by atoms with E-state index in [1.54, 1.807) is 25.0 Å². The summed E-state index contributed by atoms with van der Waals surface area (Å²) < 4.78 is 34.1. The van der Waals surface area contributed by atoms with Crippen molar-refractivity contribution in [2.24, 2.45) is 7.05 Å². The summed E-state index contributed by atoms with van der Waals surface area (Å²) in [5, 5.41) is 4.03. The number of ether oxygens (including phenoxy) is 1. The van der Waals surface area contributed by atoms with Crippen molar-refractivity contribution >= 4 is 10.2 Å². The van der Waals surface area contributed by atoms with Crippen LogP contribution in [-0.4, -0.2) is 60.2 Å². The van der Waals surface area contributed by atoms with Crippen molar-refractivity contribution in [3.8, 4) is 0 Å². The molecule has 8 heteroatoms. The Kier molecular flexibility index (Phi) is 4.00. The van der Waals surface area contributed by atoms with Gasteiger partial charge in [0.25, 0.3) is 10.2 Å². The van der Waals surface area contributed by atoms with E-state index in [9.17, 15) is 8.42 Å². The maximum absolute atomic E-state index is 12.3. The molecule has 1 aromatic rings. The second-order valence-electron chi connectivity index (χ2n) is 4.30. The summed E-state index contributed by atoms with van der Waals surface area (Å²) in [5.74, 6) is 0. The predicted molar refractivity (Wildman–Crippen MR) is 66.0 cm³/mol. The first-order valence-corrected chi connectivity index (χ1v) is 7.16. The highest BCUT2D eigenvalue weighted by molar-refractivity contribution is 7.86. The molecule has 2 heterocycles. The third-order valence-electron chi connectivity index (χ3n) is 2.85. The molecule has 0 radical (unpaired) electrons. The Morgan fingerprint density at radius 3 is 2.67 bits per heavy atom. The van der Waals surface area contributed by atoms with E-state index >= 15 is 0 Å². The number of hydrogen-bond donors (Lipinski definition) is 0. The van der Waals surface area contributed by atoms with Gasteiger partial charge in [0.05, 0.1) is 19.4 Å². The highest BCUT2D eigenvalue weighted by Gasteiger charge is 2.28. The normalized spacial score (nSPS) is 18.4. The molecule has 1 aliphatic heterocycles. The van der Waals surface area contributed by atoms with Crippen molar-refractivity contribution in [2.45, 2.75) is 6.54 Å². The van der Waals surface area contributed by atoms with Gasteiger partial charge in [-0.1, -0.05) is 0 Å². The fourth-order valence-electron chi connectivity index (χ4n) is 1.87. The van der Waals surface area contributed by atoms with E-state index in [4.69, 9.17) is 4.74 Å². The number of hydrogen-bond acceptors (Lipinski definition) is 4. The standard InChI is InChI=1S/C10H18N4O3S/c1-12-8-10(7-11-12)9-13(2)18(15,16)14-3-5-17-6-4-14/h7-8H,3-6,9H2,1-2H3. The summed E-state index contributed by atoms with van der Waals surface area (Å²) in [4.78, 5) is 0. The van der Waals surface area contributed by atoms with Crippen molar-refractivity contribution in [1.29, 1.82) is 0 Å². The van der Waals surface area contributed by atoms with Crippen LogP contribution in [0.3, 0.4) is 0 Å². The fraction of sp³-hybridized carbons (Fsp3) is 0.700. The Hall–Kier alpha value is -0.960. The molecule has 0 aromatic carbocycles. The summed E-state index contributed by atoms with van der Waals surface area (Å²) >= 11 is 0. The molecule has 0 atom stereocenters. The van der Waals surface area contributed by atoms with Gasteiger partial charge in [-0.3, -0.25) is 4.68 Å².